The molecule has 0 unspecified atom stereocenters. The van der Waals surface area contributed by atoms with E-state index in [1.165, 1.54) is 0 Å². The Balaban J connectivity index is 0.00000167. The van der Waals surface area contributed by atoms with E-state index in [1.54, 1.807) is 36.8 Å². The number of aromatic nitrogens is 5. The fourth-order valence-corrected chi connectivity index (χ4v) is 4.41. The fraction of sp³-hybridized carbons (Fsp3) is 0.409. The van der Waals surface area contributed by atoms with Crippen LogP contribution < -0.4 is 5.32 Å². The van der Waals surface area contributed by atoms with Crippen molar-refractivity contribution in [2.45, 2.75) is 45.6 Å². The van der Waals surface area contributed by atoms with Gasteiger partial charge >= 0.3 is 6.18 Å². The third kappa shape index (κ3) is 6.99. The van der Waals surface area contributed by atoms with Crippen molar-refractivity contribution in [2.24, 2.45) is 0 Å². The van der Waals surface area contributed by atoms with Gasteiger partial charge in [0.1, 0.15) is 23.5 Å². The molecule has 2 N–H and O–H groups in total. The summed E-state index contributed by atoms with van der Waals surface area (Å²) in [6.45, 7) is 4.97. The molecule has 3 aromatic heterocycles. The average molecular weight is 510 g/mol. The number of nitrogens with zero attached hydrogens (tertiary/aromatic N) is 6. The SMILES string of the molecule is CC(C)n1cnnc1-c1cccc(NC(=O)c2cc3c(cn2)CN(SCCC(F)(F)F)C3)n1.CO. The molecule has 9 nitrogen and oxygen atoms in total. The molecule has 1 amide bonds. The number of amides is 1. The minimum Gasteiger partial charge on any atom is -0.400 e. The second-order valence-corrected chi connectivity index (χ2v) is 9.04. The fourth-order valence-electron chi connectivity index (χ4n) is 3.37. The molecule has 13 heteroatoms. The van der Waals surface area contributed by atoms with E-state index in [4.69, 9.17) is 5.11 Å². The number of aliphatic hydroxyl groups excluding tert-OH is 1. The summed E-state index contributed by atoms with van der Waals surface area (Å²) >= 11 is 1.15. The third-order valence-electron chi connectivity index (χ3n) is 5.02. The molecule has 0 atom stereocenters. The quantitative estimate of drug-likeness (QED) is 0.459. The topological polar surface area (TPSA) is 109 Å². The van der Waals surface area contributed by atoms with Crippen molar-refractivity contribution in [1.82, 2.24) is 29.0 Å². The minimum absolute atomic E-state index is 0.0369. The summed E-state index contributed by atoms with van der Waals surface area (Å²) in [6, 6.07) is 7.05. The smallest absolute Gasteiger partial charge is 0.389 e. The first kappa shape index (κ1) is 26.6. The molecule has 3 aromatic rings. The zero-order valence-corrected chi connectivity index (χ0v) is 20.3. The third-order valence-corrected chi connectivity index (χ3v) is 6.03. The average Bonchev–Trinajstić information content (AvgIpc) is 3.46. The van der Waals surface area contributed by atoms with Crippen molar-refractivity contribution in [3.05, 3.63) is 53.6 Å². The molecule has 188 valence electrons. The Bertz CT molecular complexity index is 1150. The highest BCUT2D eigenvalue weighted by Crippen LogP contribution is 2.31. The highest BCUT2D eigenvalue weighted by atomic mass is 32.2. The van der Waals surface area contributed by atoms with Gasteiger partial charge in [0.05, 0.1) is 6.42 Å². The summed E-state index contributed by atoms with van der Waals surface area (Å²) in [6.07, 6.45) is -1.77. The maximum Gasteiger partial charge on any atom is 0.389 e. The molecule has 0 bridgehead atoms. The van der Waals surface area contributed by atoms with Gasteiger partial charge in [0.25, 0.3) is 5.91 Å². The van der Waals surface area contributed by atoms with Crippen molar-refractivity contribution in [3.8, 4) is 11.5 Å². The Morgan fingerprint density at radius 1 is 1.23 bits per heavy atom. The van der Waals surface area contributed by atoms with E-state index >= 15 is 0 Å². The molecule has 0 saturated heterocycles. The van der Waals surface area contributed by atoms with Crippen molar-refractivity contribution in [3.63, 3.8) is 0 Å². The highest BCUT2D eigenvalue weighted by Gasteiger charge is 2.28. The van der Waals surface area contributed by atoms with Gasteiger partial charge in [-0.25, -0.2) is 9.29 Å². The normalized spacial score (nSPS) is 13.4. The number of fused-ring (bicyclic) bond motifs is 1. The highest BCUT2D eigenvalue weighted by molar-refractivity contribution is 7.96. The van der Waals surface area contributed by atoms with Crippen molar-refractivity contribution in [1.29, 1.82) is 0 Å². The standard InChI is InChI=1S/C21H22F3N7OS.CH4O/c1-13(2)31-12-26-29-19(31)16-4-3-5-18(27-16)28-20(32)17-8-14-10-30(11-15(14)9-25-17)33-7-6-21(22,23)24;1-2/h3-5,8-9,12-13H,6-7,10-11H2,1-2H3,(H,27,28,32);2H,1H3. The molecule has 0 spiro atoms. The van der Waals surface area contributed by atoms with Gasteiger partial charge in [0.2, 0.25) is 0 Å². The van der Waals surface area contributed by atoms with Crippen LogP contribution in [0, 0.1) is 0 Å². The van der Waals surface area contributed by atoms with Crippen LogP contribution in [0.3, 0.4) is 0 Å². The predicted molar refractivity (Wildman–Crippen MR) is 126 cm³/mol. The second-order valence-electron chi connectivity index (χ2n) is 7.85. The Hall–Kier alpha value is -3.03. The first-order chi connectivity index (χ1) is 16.7. The van der Waals surface area contributed by atoms with E-state index in [-0.39, 0.29) is 17.5 Å². The van der Waals surface area contributed by atoms with Gasteiger partial charge in [-0.2, -0.15) is 13.2 Å². The lowest BCUT2D eigenvalue weighted by molar-refractivity contribution is -0.129. The number of hydrogen-bond acceptors (Lipinski definition) is 8. The molecule has 35 heavy (non-hydrogen) atoms. The van der Waals surface area contributed by atoms with Gasteiger partial charge in [0.15, 0.2) is 5.82 Å². The van der Waals surface area contributed by atoms with E-state index in [1.807, 2.05) is 22.7 Å². The molecule has 0 saturated carbocycles. The summed E-state index contributed by atoms with van der Waals surface area (Å²) in [5.74, 6) is 0.489. The summed E-state index contributed by atoms with van der Waals surface area (Å²) in [5, 5.41) is 17.8. The number of hydrogen-bond donors (Lipinski definition) is 2. The van der Waals surface area contributed by atoms with Gasteiger partial charge in [-0.3, -0.25) is 9.78 Å². The van der Waals surface area contributed by atoms with Crippen molar-refractivity contribution >= 4 is 23.7 Å². The predicted octanol–water partition coefficient (Wildman–Crippen LogP) is 4.09. The number of halogens is 3. The number of anilines is 1. The Morgan fingerprint density at radius 3 is 2.69 bits per heavy atom. The first-order valence-corrected chi connectivity index (χ1v) is 11.7. The van der Waals surface area contributed by atoms with Crippen LogP contribution in [0.5, 0.6) is 0 Å². The molecular weight excluding hydrogens is 483 g/mol. The van der Waals surface area contributed by atoms with E-state index in [0.29, 0.717) is 30.4 Å². The monoisotopic (exact) mass is 509 g/mol. The summed E-state index contributed by atoms with van der Waals surface area (Å²) in [5.41, 5.74) is 2.57. The van der Waals surface area contributed by atoms with Crippen LogP contribution in [-0.4, -0.2) is 59.1 Å². The van der Waals surface area contributed by atoms with Crippen LogP contribution in [0.2, 0.25) is 0 Å². The molecule has 1 aliphatic heterocycles. The second kappa shape index (κ2) is 11.6. The molecule has 4 heterocycles. The molecule has 0 aromatic carbocycles. The summed E-state index contributed by atoms with van der Waals surface area (Å²) in [4.78, 5) is 21.5. The first-order valence-electron chi connectivity index (χ1n) is 10.7. The Labute approximate surface area is 204 Å². The number of aliphatic hydroxyl groups is 1. The number of pyridine rings is 2. The zero-order chi connectivity index (χ0) is 25.6. The lowest BCUT2D eigenvalue weighted by Crippen LogP contribution is -2.15. The molecule has 0 fully saturated rings. The lowest BCUT2D eigenvalue weighted by Gasteiger charge is -2.13. The molecular formula is C22H26F3N7O2S. The minimum atomic E-state index is -4.16. The van der Waals surface area contributed by atoms with E-state index < -0.39 is 18.5 Å². The van der Waals surface area contributed by atoms with Gasteiger partial charge in [-0.1, -0.05) is 18.0 Å². The van der Waals surface area contributed by atoms with Crippen LogP contribution in [0.4, 0.5) is 19.0 Å². The maximum atomic E-state index is 12.8. The van der Waals surface area contributed by atoms with Crippen molar-refractivity contribution in [2.75, 3.05) is 18.2 Å². The van der Waals surface area contributed by atoms with Crippen LogP contribution in [0.15, 0.2) is 36.8 Å². The maximum absolute atomic E-state index is 12.8. The summed E-state index contributed by atoms with van der Waals surface area (Å²) in [7, 11) is 1.00. The zero-order valence-electron chi connectivity index (χ0n) is 19.5. The van der Waals surface area contributed by atoms with E-state index in [0.717, 1.165) is 30.2 Å². The lowest BCUT2D eigenvalue weighted by atomic mass is 10.1. The number of carbonyl (C=O) groups is 1. The number of rotatable bonds is 7. The molecule has 4 rings (SSSR count). The van der Waals surface area contributed by atoms with E-state index in [9.17, 15) is 18.0 Å². The summed E-state index contributed by atoms with van der Waals surface area (Å²) < 4.78 is 40.8. The number of carbonyl (C=O) groups excluding carboxylic acids is 1. The van der Waals surface area contributed by atoms with Crippen LogP contribution in [0.1, 0.15) is 47.9 Å². The molecule has 1 aliphatic rings. The van der Waals surface area contributed by atoms with Crippen LogP contribution in [0.25, 0.3) is 11.5 Å². The van der Waals surface area contributed by atoms with Gasteiger partial charge < -0.3 is 15.0 Å². The van der Waals surface area contributed by atoms with E-state index in [2.05, 4.69) is 25.5 Å². The Morgan fingerprint density at radius 2 is 1.97 bits per heavy atom. The molecule has 0 radical (unpaired) electrons. The van der Waals surface area contributed by atoms with Gasteiger partial charge in [0, 0.05) is 38.2 Å². The van der Waals surface area contributed by atoms with Gasteiger partial charge in [-0.15, -0.1) is 10.2 Å². The molecule has 0 aliphatic carbocycles. The van der Waals surface area contributed by atoms with Gasteiger partial charge in [-0.05, 0) is 43.2 Å². The Kier molecular flexibility index (Phi) is 8.81. The largest absolute Gasteiger partial charge is 0.400 e. The number of nitrogens with one attached hydrogen (secondary N) is 1. The van der Waals surface area contributed by atoms with Crippen LogP contribution >= 0.6 is 11.9 Å². The number of alkyl halides is 3. The van der Waals surface area contributed by atoms with Crippen LogP contribution in [-0.2, 0) is 13.1 Å². The van der Waals surface area contributed by atoms with Crippen molar-refractivity contribution < 1.29 is 23.1 Å².